The molecule has 6 nitrogen and oxygen atoms in total. The normalized spacial score (nSPS) is 10.7. The van der Waals surface area contributed by atoms with E-state index in [2.05, 4.69) is 15.6 Å². The van der Waals surface area contributed by atoms with Crippen molar-refractivity contribution in [2.24, 2.45) is 0 Å². The maximum Gasteiger partial charge on any atom is 0.257 e. The van der Waals surface area contributed by atoms with E-state index in [1.165, 1.54) is 18.2 Å². The number of benzene rings is 3. The van der Waals surface area contributed by atoms with Crippen molar-refractivity contribution >= 4 is 40.0 Å². The quantitative estimate of drug-likeness (QED) is 0.436. The average molecular weight is 435 g/mol. The van der Waals surface area contributed by atoms with E-state index in [1.807, 2.05) is 25.1 Å². The predicted molar refractivity (Wildman–Crippen MR) is 121 cm³/mol. The average Bonchev–Trinajstić information content (AvgIpc) is 3.18. The molecule has 3 aromatic carbocycles. The van der Waals surface area contributed by atoms with E-state index in [9.17, 15) is 9.18 Å². The second-order valence-electron chi connectivity index (χ2n) is 6.80. The van der Waals surface area contributed by atoms with Crippen molar-refractivity contribution in [1.29, 1.82) is 0 Å². The monoisotopic (exact) mass is 435 g/mol. The minimum atomic E-state index is -0.501. The van der Waals surface area contributed by atoms with Crippen molar-refractivity contribution in [1.82, 2.24) is 10.3 Å². The highest BCUT2D eigenvalue weighted by Crippen LogP contribution is 2.29. The number of oxazole rings is 1. The number of rotatable bonds is 4. The van der Waals surface area contributed by atoms with Crippen LogP contribution in [0.15, 0.2) is 65.1 Å². The van der Waals surface area contributed by atoms with Crippen molar-refractivity contribution in [2.75, 3.05) is 12.4 Å². The molecule has 0 saturated heterocycles. The summed E-state index contributed by atoms with van der Waals surface area (Å²) < 4.78 is 24.4. The van der Waals surface area contributed by atoms with Crippen LogP contribution in [-0.4, -0.2) is 23.1 Å². The molecule has 1 heterocycles. The third-order valence-electron chi connectivity index (χ3n) is 4.64. The van der Waals surface area contributed by atoms with Crippen LogP contribution in [0.4, 0.5) is 10.1 Å². The number of carbonyl (C=O) groups excluding carboxylic acids is 1. The summed E-state index contributed by atoms with van der Waals surface area (Å²) in [6, 6.07) is 16.4. The Morgan fingerprint density at radius 1 is 1.13 bits per heavy atom. The Morgan fingerprint density at radius 3 is 2.74 bits per heavy atom. The number of aryl methyl sites for hydroxylation is 1. The largest absolute Gasteiger partial charge is 0.497 e. The van der Waals surface area contributed by atoms with Crippen LogP contribution in [0.2, 0.25) is 0 Å². The molecule has 0 radical (unpaired) electrons. The fourth-order valence-corrected chi connectivity index (χ4v) is 3.21. The van der Waals surface area contributed by atoms with Gasteiger partial charge in [0.1, 0.15) is 17.1 Å². The van der Waals surface area contributed by atoms with Gasteiger partial charge in [0.05, 0.1) is 7.11 Å². The van der Waals surface area contributed by atoms with Gasteiger partial charge in [0.25, 0.3) is 5.91 Å². The first kappa shape index (κ1) is 20.5. The van der Waals surface area contributed by atoms with Gasteiger partial charge in [-0.15, -0.1) is 0 Å². The summed E-state index contributed by atoms with van der Waals surface area (Å²) in [5.41, 5.74) is 3.83. The molecule has 0 unspecified atom stereocenters. The molecule has 0 atom stereocenters. The molecule has 0 aliphatic carbocycles. The van der Waals surface area contributed by atoms with Crippen LogP contribution in [0.5, 0.6) is 5.75 Å². The lowest BCUT2D eigenvalue weighted by atomic mass is 10.1. The Hall–Kier alpha value is -3.78. The summed E-state index contributed by atoms with van der Waals surface area (Å²) in [4.78, 5) is 16.8. The molecular formula is C23H18FN3O3S. The molecule has 0 spiro atoms. The first-order valence-corrected chi connectivity index (χ1v) is 9.77. The van der Waals surface area contributed by atoms with Crippen LogP contribution in [-0.2, 0) is 0 Å². The highest BCUT2D eigenvalue weighted by Gasteiger charge is 2.13. The molecule has 4 rings (SSSR count). The van der Waals surface area contributed by atoms with E-state index < -0.39 is 11.7 Å². The summed E-state index contributed by atoms with van der Waals surface area (Å²) in [5, 5.41) is 5.65. The highest BCUT2D eigenvalue weighted by atomic mass is 32.1. The van der Waals surface area contributed by atoms with Crippen LogP contribution in [0.3, 0.4) is 0 Å². The zero-order valence-corrected chi connectivity index (χ0v) is 17.5. The summed E-state index contributed by atoms with van der Waals surface area (Å²) in [7, 11) is 1.59. The number of fused-ring (bicyclic) bond motifs is 1. The van der Waals surface area contributed by atoms with Gasteiger partial charge in [0, 0.05) is 22.9 Å². The van der Waals surface area contributed by atoms with Gasteiger partial charge in [0.2, 0.25) is 5.89 Å². The van der Waals surface area contributed by atoms with E-state index in [-0.39, 0.29) is 10.7 Å². The third-order valence-corrected chi connectivity index (χ3v) is 4.85. The van der Waals surface area contributed by atoms with Gasteiger partial charge in [-0.1, -0.05) is 12.1 Å². The molecule has 156 valence electrons. The molecule has 1 aromatic heterocycles. The molecule has 0 saturated carbocycles. The molecule has 0 aliphatic heterocycles. The lowest BCUT2D eigenvalue weighted by molar-refractivity contribution is 0.0977. The first-order chi connectivity index (χ1) is 14.9. The van der Waals surface area contributed by atoms with E-state index >= 15 is 0 Å². The maximum atomic E-state index is 13.3. The molecule has 4 aromatic rings. The molecular weight excluding hydrogens is 417 g/mol. The van der Waals surface area contributed by atoms with Gasteiger partial charge in [0.15, 0.2) is 10.7 Å². The Labute approximate surface area is 183 Å². The number of carbonyl (C=O) groups is 1. The lowest BCUT2D eigenvalue weighted by Gasteiger charge is -2.12. The third kappa shape index (κ3) is 4.54. The summed E-state index contributed by atoms with van der Waals surface area (Å²) >= 11 is 5.26. The highest BCUT2D eigenvalue weighted by molar-refractivity contribution is 7.80. The van der Waals surface area contributed by atoms with Crippen molar-refractivity contribution in [3.8, 4) is 17.2 Å². The summed E-state index contributed by atoms with van der Waals surface area (Å²) in [5.74, 6) is 0.142. The minimum Gasteiger partial charge on any atom is -0.497 e. The second-order valence-corrected chi connectivity index (χ2v) is 7.21. The fraction of sp³-hybridized carbons (Fsp3) is 0.0870. The van der Waals surface area contributed by atoms with Crippen LogP contribution in [0, 0.1) is 12.7 Å². The molecule has 0 bridgehead atoms. The minimum absolute atomic E-state index is 0.0943. The topological polar surface area (TPSA) is 76.4 Å². The number of anilines is 1. The number of nitrogens with zero attached hydrogens (tertiary/aromatic N) is 1. The molecule has 31 heavy (non-hydrogen) atoms. The smallest absolute Gasteiger partial charge is 0.257 e. The molecule has 1 amide bonds. The number of halogens is 1. The number of ether oxygens (including phenoxy) is 1. The number of hydrogen-bond acceptors (Lipinski definition) is 5. The van der Waals surface area contributed by atoms with Gasteiger partial charge in [-0.3, -0.25) is 10.1 Å². The van der Waals surface area contributed by atoms with Crippen molar-refractivity contribution in [2.45, 2.75) is 6.92 Å². The van der Waals surface area contributed by atoms with E-state index in [0.717, 1.165) is 17.2 Å². The number of nitrogens with one attached hydrogen (secondary N) is 2. The van der Waals surface area contributed by atoms with Crippen LogP contribution in [0.25, 0.3) is 22.6 Å². The maximum absolute atomic E-state index is 13.3. The molecule has 2 N–H and O–H groups in total. The Balaban J connectivity index is 1.54. The molecule has 0 fully saturated rings. The van der Waals surface area contributed by atoms with Crippen molar-refractivity contribution in [3.05, 3.63) is 77.6 Å². The Kier molecular flexibility index (Phi) is 5.64. The first-order valence-electron chi connectivity index (χ1n) is 9.36. The fourth-order valence-electron chi connectivity index (χ4n) is 3.01. The zero-order chi connectivity index (χ0) is 22.0. The van der Waals surface area contributed by atoms with Crippen LogP contribution in [0.1, 0.15) is 15.9 Å². The van der Waals surface area contributed by atoms with Gasteiger partial charge in [-0.2, -0.15) is 0 Å². The van der Waals surface area contributed by atoms with Crippen LogP contribution >= 0.6 is 12.2 Å². The zero-order valence-electron chi connectivity index (χ0n) is 16.7. The van der Waals surface area contributed by atoms with Gasteiger partial charge < -0.3 is 14.5 Å². The SMILES string of the molecule is COc1ccc2oc(-c3ccc(C)c(NC(=S)NC(=O)c4cccc(F)c4)c3)nc2c1. The van der Waals surface area contributed by atoms with Gasteiger partial charge >= 0.3 is 0 Å². The Bertz CT molecular complexity index is 1300. The van der Waals surface area contributed by atoms with Gasteiger partial charge in [-0.05, 0) is 67.2 Å². The molecule has 8 heteroatoms. The number of aromatic nitrogens is 1. The number of methoxy groups -OCH3 is 1. The van der Waals surface area contributed by atoms with E-state index in [4.69, 9.17) is 21.4 Å². The van der Waals surface area contributed by atoms with Crippen molar-refractivity contribution in [3.63, 3.8) is 0 Å². The van der Waals surface area contributed by atoms with E-state index in [1.54, 1.807) is 25.3 Å². The number of amides is 1. The number of hydrogen-bond donors (Lipinski definition) is 2. The Morgan fingerprint density at radius 2 is 1.97 bits per heavy atom. The lowest BCUT2D eigenvalue weighted by Crippen LogP contribution is -2.34. The second kappa shape index (κ2) is 8.53. The predicted octanol–water partition coefficient (Wildman–Crippen LogP) is 5.08. The molecule has 0 aliphatic rings. The van der Waals surface area contributed by atoms with Crippen LogP contribution < -0.4 is 15.4 Å². The summed E-state index contributed by atoms with van der Waals surface area (Å²) in [6.07, 6.45) is 0. The van der Waals surface area contributed by atoms with Crippen molar-refractivity contribution < 1.29 is 18.3 Å². The van der Waals surface area contributed by atoms with E-state index in [0.29, 0.717) is 28.4 Å². The standard InChI is InChI=1S/C23H18FN3O3S/c1-13-6-7-15(22-25-19-12-17(29-2)8-9-20(19)30-22)11-18(13)26-23(31)27-21(28)14-4-3-5-16(24)10-14/h3-12H,1-2H3,(H2,26,27,28,31). The van der Waals surface area contributed by atoms with Gasteiger partial charge in [-0.25, -0.2) is 9.37 Å². The number of thiocarbonyl (C=S) groups is 1. The summed E-state index contributed by atoms with van der Waals surface area (Å²) in [6.45, 7) is 1.90.